The fourth-order valence-corrected chi connectivity index (χ4v) is 3.53. The van der Waals surface area contributed by atoms with Crippen LogP contribution in [0, 0.1) is 0 Å². The largest absolute Gasteiger partial charge is 0.486 e. The van der Waals surface area contributed by atoms with Gasteiger partial charge in [0.2, 0.25) is 0 Å². The van der Waals surface area contributed by atoms with E-state index in [9.17, 15) is 0 Å². The monoisotopic (exact) mass is 331 g/mol. The van der Waals surface area contributed by atoms with Crippen molar-refractivity contribution in [2.24, 2.45) is 5.73 Å². The van der Waals surface area contributed by atoms with Crippen LogP contribution in [0.2, 0.25) is 0 Å². The van der Waals surface area contributed by atoms with Gasteiger partial charge < -0.3 is 15.4 Å². The highest BCUT2D eigenvalue weighted by Gasteiger charge is 2.19. The minimum atomic E-state index is 0.644. The number of ether oxygens (including phenoxy) is 1. The van der Waals surface area contributed by atoms with Crippen LogP contribution in [0.4, 0.5) is 5.69 Å². The summed E-state index contributed by atoms with van der Waals surface area (Å²) in [6.45, 7) is 6.82. The van der Waals surface area contributed by atoms with Crippen molar-refractivity contribution in [3.8, 4) is 5.75 Å². The molecule has 3 rings (SSSR count). The Labute approximate surface area is 142 Å². The fourth-order valence-electron chi connectivity index (χ4n) is 2.91. The first-order valence-electron chi connectivity index (χ1n) is 8.28. The quantitative estimate of drug-likeness (QED) is 0.847. The summed E-state index contributed by atoms with van der Waals surface area (Å²) in [4.78, 5) is 6.19. The zero-order chi connectivity index (χ0) is 15.9. The van der Waals surface area contributed by atoms with Crippen molar-refractivity contribution in [1.29, 1.82) is 0 Å². The molecule has 0 spiro atoms. The Morgan fingerprint density at radius 2 is 1.87 bits per heavy atom. The van der Waals surface area contributed by atoms with E-state index < -0.39 is 0 Å². The number of thiophene rings is 1. The summed E-state index contributed by atoms with van der Waals surface area (Å²) in [5.74, 6) is 0.983. The summed E-state index contributed by atoms with van der Waals surface area (Å²) < 4.78 is 6.07. The van der Waals surface area contributed by atoms with E-state index >= 15 is 0 Å². The highest BCUT2D eigenvalue weighted by molar-refractivity contribution is 7.09. The van der Waals surface area contributed by atoms with Gasteiger partial charge in [-0.05, 0) is 43.1 Å². The number of nitrogens with two attached hydrogens (primary N) is 1. The molecule has 1 aromatic carbocycles. The van der Waals surface area contributed by atoms with Crippen LogP contribution in [0.25, 0.3) is 0 Å². The Kier molecular flexibility index (Phi) is 5.91. The lowest BCUT2D eigenvalue weighted by atomic mass is 10.2. The summed E-state index contributed by atoms with van der Waals surface area (Å²) in [6.07, 6.45) is 1.08. The molecular weight excluding hydrogens is 306 g/mol. The normalized spacial score (nSPS) is 15.8. The van der Waals surface area contributed by atoms with Crippen LogP contribution in [0.1, 0.15) is 11.3 Å². The lowest BCUT2D eigenvalue weighted by molar-refractivity contribution is 0.254. The third kappa shape index (κ3) is 4.47. The molecule has 0 radical (unpaired) electrons. The van der Waals surface area contributed by atoms with Gasteiger partial charge in [-0.2, -0.15) is 0 Å². The summed E-state index contributed by atoms with van der Waals surface area (Å²) in [6, 6.07) is 12.6. The molecule has 2 heterocycles. The molecule has 0 saturated carbocycles. The standard InChI is InChI=1S/C18H25N3OS/c19-8-4-9-20-10-12-21(13-11-20)17-6-1-2-7-18(17)22-15-16-5-3-14-23-16/h1-3,5-7,14H,4,8-13,15,19H2. The molecule has 1 aliphatic rings. The van der Waals surface area contributed by atoms with Crippen molar-refractivity contribution in [3.63, 3.8) is 0 Å². The van der Waals surface area contributed by atoms with Crippen molar-refractivity contribution in [2.45, 2.75) is 13.0 Å². The molecule has 2 aromatic rings. The highest BCUT2D eigenvalue weighted by Crippen LogP contribution is 2.29. The third-order valence-electron chi connectivity index (χ3n) is 4.21. The Bertz CT molecular complexity index is 580. The lowest BCUT2D eigenvalue weighted by Gasteiger charge is -2.36. The number of piperazine rings is 1. The number of hydrogen-bond acceptors (Lipinski definition) is 5. The number of anilines is 1. The van der Waals surface area contributed by atoms with E-state index in [1.165, 1.54) is 10.6 Å². The fraction of sp³-hybridized carbons (Fsp3) is 0.444. The van der Waals surface area contributed by atoms with Crippen LogP contribution in [-0.4, -0.2) is 44.2 Å². The molecule has 1 aliphatic heterocycles. The van der Waals surface area contributed by atoms with E-state index in [4.69, 9.17) is 10.5 Å². The predicted octanol–water partition coefficient (Wildman–Crippen LogP) is 2.80. The van der Waals surface area contributed by atoms with E-state index in [-0.39, 0.29) is 0 Å². The Balaban J connectivity index is 1.59. The molecule has 124 valence electrons. The summed E-state index contributed by atoms with van der Waals surface area (Å²) in [5.41, 5.74) is 6.82. The second-order valence-corrected chi connectivity index (χ2v) is 6.84. The average molecular weight is 331 g/mol. The van der Waals surface area contributed by atoms with Gasteiger partial charge in [-0.15, -0.1) is 11.3 Å². The Hall–Kier alpha value is -1.56. The molecule has 1 fully saturated rings. The van der Waals surface area contributed by atoms with Gasteiger partial charge in [-0.25, -0.2) is 0 Å². The number of nitrogens with zero attached hydrogens (tertiary/aromatic N) is 2. The molecule has 23 heavy (non-hydrogen) atoms. The lowest BCUT2D eigenvalue weighted by Crippen LogP contribution is -2.47. The van der Waals surface area contributed by atoms with Gasteiger partial charge in [0.1, 0.15) is 12.4 Å². The SMILES string of the molecule is NCCCN1CCN(c2ccccc2OCc2cccs2)CC1. The molecule has 2 N–H and O–H groups in total. The molecule has 5 heteroatoms. The molecule has 1 aromatic heterocycles. The number of rotatable bonds is 7. The summed E-state index contributed by atoms with van der Waals surface area (Å²) in [7, 11) is 0. The molecule has 0 atom stereocenters. The Morgan fingerprint density at radius 1 is 1.04 bits per heavy atom. The van der Waals surface area contributed by atoms with E-state index in [0.717, 1.165) is 51.4 Å². The van der Waals surface area contributed by atoms with Crippen molar-refractivity contribution in [1.82, 2.24) is 4.90 Å². The van der Waals surface area contributed by atoms with Crippen LogP contribution < -0.4 is 15.4 Å². The van der Waals surface area contributed by atoms with Crippen molar-refractivity contribution >= 4 is 17.0 Å². The summed E-state index contributed by atoms with van der Waals surface area (Å²) >= 11 is 1.74. The summed E-state index contributed by atoms with van der Waals surface area (Å²) in [5, 5.41) is 2.09. The second-order valence-electron chi connectivity index (χ2n) is 5.81. The van der Waals surface area contributed by atoms with E-state index in [1.54, 1.807) is 11.3 Å². The Morgan fingerprint density at radius 3 is 2.61 bits per heavy atom. The topological polar surface area (TPSA) is 41.7 Å². The zero-order valence-corrected chi connectivity index (χ0v) is 14.3. The van der Waals surface area contributed by atoms with Gasteiger partial charge in [-0.3, -0.25) is 4.90 Å². The van der Waals surface area contributed by atoms with Crippen LogP contribution in [-0.2, 0) is 6.61 Å². The molecule has 1 saturated heterocycles. The molecule has 0 bridgehead atoms. The molecule has 4 nitrogen and oxygen atoms in total. The van der Waals surface area contributed by atoms with Crippen LogP contribution >= 0.6 is 11.3 Å². The highest BCUT2D eigenvalue weighted by atomic mass is 32.1. The maximum atomic E-state index is 6.07. The zero-order valence-electron chi connectivity index (χ0n) is 13.5. The first-order chi connectivity index (χ1) is 11.4. The molecular formula is C18H25N3OS. The van der Waals surface area contributed by atoms with Crippen LogP contribution in [0.3, 0.4) is 0 Å². The maximum Gasteiger partial charge on any atom is 0.143 e. The first-order valence-corrected chi connectivity index (χ1v) is 9.16. The van der Waals surface area contributed by atoms with E-state index in [1.807, 2.05) is 6.07 Å². The minimum Gasteiger partial charge on any atom is -0.486 e. The van der Waals surface area contributed by atoms with Gasteiger partial charge in [0, 0.05) is 31.1 Å². The molecule has 0 unspecified atom stereocenters. The maximum absolute atomic E-state index is 6.07. The average Bonchev–Trinajstić information content (AvgIpc) is 3.12. The number of hydrogen-bond donors (Lipinski definition) is 1. The first kappa shape index (κ1) is 16.3. The van der Waals surface area contributed by atoms with Gasteiger partial charge in [0.25, 0.3) is 0 Å². The van der Waals surface area contributed by atoms with Gasteiger partial charge >= 0.3 is 0 Å². The minimum absolute atomic E-state index is 0.644. The third-order valence-corrected chi connectivity index (χ3v) is 5.06. The van der Waals surface area contributed by atoms with Gasteiger partial charge in [-0.1, -0.05) is 18.2 Å². The molecule has 0 aliphatic carbocycles. The van der Waals surface area contributed by atoms with Crippen molar-refractivity contribution in [3.05, 3.63) is 46.7 Å². The van der Waals surface area contributed by atoms with Crippen molar-refractivity contribution in [2.75, 3.05) is 44.2 Å². The number of para-hydroxylation sites is 2. The van der Waals surface area contributed by atoms with Gasteiger partial charge in [0.05, 0.1) is 5.69 Å². The van der Waals surface area contributed by atoms with Crippen LogP contribution in [0.5, 0.6) is 5.75 Å². The van der Waals surface area contributed by atoms with Gasteiger partial charge in [0.15, 0.2) is 0 Å². The van der Waals surface area contributed by atoms with Crippen molar-refractivity contribution < 1.29 is 4.74 Å². The molecule has 0 amide bonds. The predicted molar refractivity (Wildman–Crippen MR) is 97.4 cm³/mol. The van der Waals surface area contributed by atoms with Crippen LogP contribution in [0.15, 0.2) is 41.8 Å². The number of benzene rings is 1. The second kappa shape index (κ2) is 8.34. The van der Waals surface area contributed by atoms with E-state index in [2.05, 4.69) is 45.5 Å². The van der Waals surface area contributed by atoms with E-state index in [0.29, 0.717) is 6.61 Å². The smallest absolute Gasteiger partial charge is 0.143 e.